The molecule has 10 aromatic rings. The summed E-state index contributed by atoms with van der Waals surface area (Å²) in [5, 5.41) is 8.98. The van der Waals surface area contributed by atoms with Gasteiger partial charge >= 0.3 is 0 Å². The van der Waals surface area contributed by atoms with Crippen LogP contribution in [-0.2, 0) is 0 Å². The Bertz CT molecular complexity index is 3180. The van der Waals surface area contributed by atoms with Gasteiger partial charge in [0.15, 0.2) is 17.5 Å². The summed E-state index contributed by atoms with van der Waals surface area (Å²) in [6.07, 6.45) is 7.55. The molecule has 250 valence electrons. The molecule has 0 saturated carbocycles. The lowest BCUT2D eigenvalue weighted by Crippen LogP contribution is -2.04. The van der Waals surface area contributed by atoms with Crippen molar-refractivity contribution in [3.63, 3.8) is 0 Å². The molecule has 1 aliphatic rings. The number of rotatable bonds is 4. The summed E-state index contributed by atoms with van der Waals surface area (Å²) < 4.78 is 12.9. The van der Waals surface area contributed by atoms with Crippen LogP contribution in [0.3, 0.4) is 0 Å². The summed E-state index contributed by atoms with van der Waals surface area (Å²) in [6.45, 7) is 2.22. The summed E-state index contributed by atoms with van der Waals surface area (Å²) in [7, 11) is 0. The molecule has 1 aliphatic carbocycles. The van der Waals surface area contributed by atoms with Crippen LogP contribution in [0.2, 0.25) is 0 Å². The molecule has 3 aromatic heterocycles. The van der Waals surface area contributed by atoms with E-state index >= 15 is 0 Å². The summed E-state index contributed by atoms with van der Waals surface area (Å²) in [4.78, 5) is 15.5. The predicted molar refractivity (Wildman–Crippen MR) is 217 cm³/mol. The van der Waals surface area contributed by atoms with Crippen LogP contribution in [0.1, 0.15) is 19.2 Å². The van der Waals surface area contributed by atoms with Gasteiger partial charge in [-0.25, -0.2) is 15.0 Å². The monoisotopic (exact) mass is 681 g/mol. The first-order chi connectivity index (χ1) is 26.1. The molecule has 0 aliphatic heterocycles. The van der Waals surface area contributed by atoms with Gasteiger partial charge in [-0.15, -0.1) is 0 Å². The minimum atomic E-state index is 0.475. The Hall–Kier alpha value is -6.85. The van der Waals surface area contributed by atoms with E-state index in [1.807, 2.05) is 30.3 Å². The number of hydrogen-bond donors (Lipinski definition) is 0. The van der Waals surface area contributed by atoms with E-state index < -0.39 is 0 Å². The first kappa shape index (κ1) is 29.8. The molecule has 0 amide bonds. The zero-order valence-electron chi connectivity index (χ0n) is 28.9. The summed E-state index contributed by atoms with van der Waals surface area (Å²) in [5.41, 5.74) is 8.30. The molecular weight excluding hydrogens is 651 g/mol. The minimum absolute atomic E-state index is 0.475. The quantitative estimate of drug-likeness (QED) is 0.173. The van der Waals surface area contributed by atoms with Crippen molar-refractivity contribution in [2.24, 2.45) is 5.92 Å². The van der Waals surface area contributed by atoms with Gasteiger partial charge in [-0.2, -0.15) is 0 Å². The Morgan fingerprint density at radius 1 is 0.509 bits per heavy atom. The second kappa shape index (κ2) is 11.6. The molecule has 5 heteroatoms. The zero-order chi connectivity index (χ0) is 35.0. The Kier molecular flexibility index (Phi) is 6.52. The largest absolute Gasteiger partial charge is 0.456 e. The van der Waals surface area contributed by atoms with E-state index in [1.54, 1.807) is 0 Å². The van der Waals surface area contributed by atoms with Crippen molar-refractivity contribution in [2.75, 3.05) is 0 Å². The third-order valence-corrected chi connectivity index (χ3v) is 10.7. The molecule has 7 aromatic carbocycles. The Morgan fingerprint density at radius 2 is 1.23 bits per heavy atom. The first-order valence-corrected chi connectivity index (χ1v) is 18.1. The lowest BCUT2D eigenvalue weighted by molar-refractivity contribution is 0.668. The maximum Gasteiger partial charge on any atom is 0.164 e. The Morgan fingerprint density at radius 3 is 2.15 bits per heavy atom. The van der Waals surface area contributed by atoms with E-state index in [2.05, 4.69) is 128 Å². The first-order valence-electron chi connectivity index (χ1n) is 18.1. The molecular formula is C48H31N3O2. The maximum atomic E-state index is 6.72. The van der Waals surface area contributed by atoms with Crippen LogP contribution in [0.15, 0.2) is 161 Å². The van der Waals surface area contributed by atoms with Gasteiger partial charge in [0.05, 0.1) is 0 Å². The number of furan rings is 2. The van der Waals surface area contributed by atoms with E-state index in [0.717, 1.165) is 83.5 Å². The molecule has 11 rings (SSSR count). The van der Waals surface area contributed by atoms with E-state index in [1.165, 1.54) is 16.2 Å². The van der Waals surface area contributed by atoms with Crippen LogP contribution in [0.4, 0.5) is 0 Å². The van der Waals surface area contributed by atoms with Crippen molar-refractivity contribution < 1.29 is 8.83 Å². The number of allylic oxidation sites excluding steroid dienone is 4. The predicted octanol–water partition coefficient (Wildman–Crippen LogP) is 13.0. The van der Waals surface area contributed by atoms with Crippen molar-refractivity contribution in [2.45, 2.75) is 13.3 Å². The molecule has 0 spiro atoms. The smallest absolute Gasteiger partial charge is 0.164 e. The minimum Gasteiger partial charge on any atom is -0.456 e. The fraction of sp³-hybridized carbons (Fsp3) is 0.0625. The van der Waals surface area contributed by atoms with Crippen LogP contribution < -0.4 is 0 Å². The molecule has 1 atom stereocenters. The second-order valence-corrected chi connectivity index (χ2v) is 14.0. The number of fused-ring (bicyclic) bond motifs is 9. The van der Waals surface area contributed by atoms with Crippen molar-refractivity contribution in [1.82, 2.24) is 15.0 Å². The normalized spacial score (nSPS) is 14.7. The number of benzene rings is 7. The topological polar surface area (TPSA) is 65.0 Å². The molecule has 5 nitrogen and oxygen atoms in total. The third kappa shape index (κ3) is 4.81. The molecule has 0 N–H and O–H groups in total. The van der Waals surface area contributed by atoms with Crippen molar-refractivity contribution >= 4 is 71.0 Å². The van der Waals surface area contributed by atoms with Crippen molar-refractivity contribution in [3.05, 3.63) is 158 Å². The van der Waals surface area contributed by atoms with Crippen LogP contribution in [-0.4, -0.2) is 15.0 Å². The zero-order valence-corrected chi connectivity index (χ0v) is 28.9. The maximum absolute atomic E-state index is 6.72. The van der Waals surface area contributed by atoms with E-state index in [4.69, 9.17) is 23.8 Å². The van der Waals surface area contributed by atoms with Crippen molar-refractivity contribution in [3.8, 4) is 33.9 Å². The van der Waals surface area contributed by atoms with Gasteiger partial charge in [0, 0.05) is 43.8 Å². The molecule has 53 heavy (non-hydrogen) atoms. The highest BCUT2D eigenvalue weighted by Gasteiger charge is 2.21. The lowest BCUT2D eigenvalue weighted by Gasteiger charge is -2.13. The van der Waals surface area contributed by atoms with Crippen LogP contribution >= 0.6 is 0 Å². The number of para-hydroxylation sites is 2. The van der Waals surface area contributed by atoms with Crippen LogP contribution in [0, 0.1) is 5.92 Å². The van der Waals surface area contributed by atoms with E-state index in [9.17, 15) is 0 Å². The third-order valence-electron chi connectivity index (χ3n) is 10.7. The molecule has 0 bridgehead atoms. The van der Waals surface area contributed by atoms with Crippen LogP contribution in [0.5, 0.6) is 0 Å². The summed E-state index contributed by atoms with van der Waals surface area (Å²) in [5.74, 6) is 2.39. The fourth-order valence-corrected chi connectivity index (χ4v) is 7.96. The molecule has 3 heterocycles. The summed E-state index contributed by atoms with van der Waals surface area (Å²) in [6, 6.07) is 46.4. The lowest BCUT2D eigenvalue weighted by atomic mass is 9.97. The van der Waals surface area contributed by atoms with Gasteiger partial charge in [-0.1, -0.05) is 128 Å². The SMILES string of the molecule is CC1C=CC(c2nc(-c3ccc4c(ccc5ccccc54)c3)nc(-c3cccc4oc5c(-c6ccc7oc8ccccc8c7c6)cccc5c34)n2)=CC1. The average molecular weight is 682 g/mol. The van der Waals surface area contributed by atoms with E-state index in [-0.39, 0.29) is 0 Å². The summed E-state index contributed by atoms with van der Waals surface area (Å²) >= 11 is 0. The average Bonchev–Trinajstić information content (AvgIpc) is 3.79. The number of hydrogen-bond acceptors (Lipinski definition) is 5. The fourth-order valence-electron chi connectivity index (χ4n) is 7.96. The molecule has 0 fully saturated rings. The molecule has 0 radical (unpaired) electrons. The highest BCUT2D eigenvalue weighted by molar-refractivity contribution is 6.16. The van der Waals surface area contributed by atoms with Gasteiger partial charge in [-0.3, -0.25) is 0 Å². The Labute approximate surface area is 304 Å². The van der Waals surface area contributed by atoms with Gasteiger partial charge in [0.1, 0.15) is 22.3 Å². The van der Waals surface area contributed by atoms with Gasteiger partial charge < -0.3 is 8.83 Å². The molecule has 1 unspecified atom stereocenters. The molecule has 0 saturated heterocycles. The number of aromatic nitrogens is 3. The second-order valence-electron chi connectivity index (χ2n) is 14.0. The standard InChI is InChI=1S/C48H31N3O2/c1-28-16-18-30(19-17-28)46-49-47(33-22-24-35-31(26-33)21-20-29-8-2-3-9-34(29)35)51-48(50-46)39-13-7-15-43-44(39)38-12-6-11-36(45(38)53-43)32-23-25-42-40(27-32)37-10-4-5-14-41(37)52-42/h2-16,18-28H,17H2,1H3. The van der Waals surface area contributed by atoms with Gasteiger partial charge in [-0.05, 0) is 69.8 Å². The van der Waals surface area contributed by atoms with E-state index in [0.29, 0.717) is 23.4 Å². The highest BCUT2D eigenvalue weighted by Crippen LogP contribution is 2.42. The van der Waals surface area contributed by atoms with Gasteiger partial charge in [0.25, 0.3) is 0 Å². The van der Waals surface area contributed by atoms with Gasteiger partial charge in [0.2, 0.25) is 0 Å². The number of nitrogens with zero attached hydrogens (tertiary/aromatic N) is 3. The Balaban J connectivity index is 1.10. The van der Waals surface area contributed by atoms with Crippen molar-refractivity contribution in [1.29, 1.82) is 0 Å². The van der Waals surface area contributed by atoms with Crippen LogP contribution in [0.25, 0.3) is 105 Å². The highest BCUT2D eigenvalue weighted by atomic mass is 16.3.